The van der Waals surface area contributed by atoms with Gasteiger partial charge in [0, 0.05) is 31.4 Å². The van der Waals surface area contributed by atoms with Gasteiger partial charge in [0.1, 0.15) is 0 Å². The molecule has 0 N–H and O–H groups in total. The van der Waals surface area contributed by atoms with Gasteiger partial charge >= 0.3 is 0 Å². The lowest BCUT2D eigenvalue weighted by Gasteiger charge is -2.27. The van der Waals surface area contributed by atoms with Gasteiger partial charge in [0.25, 0.3) is 0 Å². The third-order valence-corrected chi connectivity index (χ3v) is 3.74. The second-order valence-electron chi connectivity index (χ2n) is 5.53. The smallest absolute Gasteiger partial charge is 0.0737 e. The van der Waals surface area contributed by atoms with Gasteiger partial charge in [0.15, 0.2) is 0 Å². The Morgan fingerprint density at radius 3 is 2.62 bits per heavy atom. The van der Waals surface area contributed by atoms with Crippen LogP contribution in [0.4, 0.5) is 5.69 Å². The highest BCUT2D eigenvalue weighted by Crippen LogP contribution is 2.28. The molecule has 0 bridgehead atoms. The quantitative estimate of drug-likeness (QED) is 0.838. The van der Waals surface area contributed by atoms with E-state index in [1.165, 1.54) is 17.7 Å². The standard InChI is InChI=1S/C15H20N4.C2H6/c1-11(2)19-10-13(8-17-19)14-7-12-5-4-6-18(3)15(12)9-16-14;1-2/h7-11H,4-6H2,1-3H3;1-2H3. The number of nitrogens with zero attached hydrogens (tertiary/aromatic N) is 4. The maximum Gasteiger partial charge on any atom is 0.0737 e. The predicted molar refractivity (Wildman–Crippen MR) is 88.8 cm³/mol. The number of aryl methyl sites for hydroxylation is 1. The van der Waals surface area contributed by atoms with E-state index in [-0.39, 0.29) is 0 Å². The van der Waals surface area contributed by atoms with E-state index < -0.39 is 0 Å². The van der Waals surface area contributed by atoms with Crippen molar-refractivity contribution in [2.75, 3.05) is 18.5 Å². The summed E-state index contributed by atoms with van der Waals surface area (Å²) >= 11 is 0. The average Bonchev–Trinajstić information content (AvgIpc) is 2.99. The predicted octanol–water partition coefficient (Wildman–Crippen LogP) is 3.93. The fourth-order valence-corrected chi connectivity index (χ4v) is 2.57. The molecule has 4 heteroatoms. The summed E-state index contributed by atoms with van der Waals surface area (Å²) in [7, 11) is 2.14. The van der Waals surface area contributed by atoms with E-state index in [1.807, 2.05) is 30.9 Å². The normalized spacial score (nSPS) is 13.7. The van der Waals surface area contributed by atoms with Gasteiger partial charge in [0.05, 0.1) is 23.8 Å². The molecular formula is C17H26N4. The molecule has 0 radical (unpaired) electrons. The maximum atomic E-state index is 4.59. The maximum absolute atomic E-state index is 4.59. The van der Waals surface area contributed by atoms with E-state index in [1.54, 1.807) is 0 Å². The zero-order chi connectivity index (χ0) is 15.4. The van der Waals surface area contributed by atoms with Crippen LogP contribution in [0.1, 0.15) is 45.7 Å². The highest BCUT2D eigenvalue weighted by molar-refractivity contribution is 5.64. The Labute approximate surface area is 127 Å². The first-order valence-electron chi connectivity index (χ1n) is 7.90. The molecule has 0 saturated heterocycles. The Bertz CT molecular complexity index is 586. The molecule has 1 aliphatic heterocycles. The third-order valence-electron chi connectivity index (χ3n) is 3.74. The summed E-state index contributed by atoms with van der Waals surface area (Å²) in [6.07, 6.45) is 8.34. The molecule has 0 unspecified atom stereocenters. The first-order valence-corrected chi connectivity index (χ1v) is 7.90. The number of anilines is 1. The molecule has 3 heterocycles. The van der Waals surface area contributed by atoms with Crippen LogP contribution in [0, 0.1) is 0 Å². The average molecular weight is 286 g/mol. The summed E-state index contributed by atoms with van der Waals surface area (Å²) in [6.45, 7) is 9.39. The van der Waals surface area contributed by atoms with Crippen molar-refractivity contribution in [2.45, 2.75) is 46.6 Å². The van der Waals surface area contributed by atoms with Gasteiger partial charge in [-0.3, -0.25) is 9.67 Å². The van der Waals surface area contributed by atoms with Crippen LogP contribution in [0.2, 0.25) is 0 Å². The molecule has 0 fully saturated rings. The summed E-state index contributed by atoms with van der Waals surface area (Å²) in [5.74, 6) is 0. The Morgan fingerprint density at radius 2 is 1.95 bits per heavy atom. The number of aromatic nitrogens is 3. The zero-order valence-corrected chi connectivity index (χ0v) is 13.8. The van der Waals surface area contributed by atoms with Crippen molar-refractivity contribution in [3.05, 3.63) is 30.2 Å². The minimum atomic E-state index is 0.387. The van der Waals surface area contributed by atoms with Crippen LogP contribution in [-0.4, -0.2) is 28.4 Å². The summed E-state index contributed by atoms with van der Waals surface area (Å²) in [5.41, 5.74) is 4.80. The van der Waals surface area contributed by atoms with Crippen molar-refractivity contribution in [1.82, 2.24) is 14.8 Å². The SMILES string of the molecule is CC.CC(C)n1cc(-c2cc3c(cn2)N(C)CCC3)cn1. The third kappa shape index (κ3) is 3.26. The van der Waals surface area contributed by atoms with E-state index in [0.29, 0.717) is 6.04 Å². The second-order valence-corrected chi connectivity index (χ2v) is 5.53. The lowest BCUT2D eigenvalue weighted by Crippen LogP contribution is -2.24. The van der Waals surface area contributed by atoms with Gasteiger partial charge < -0.3 is 4.90 Å². The van der Waals surface area contributed by atoms with Crippen molar-refractivity contribution in [1.29, 1.82) is 0 Å². The first-order chi connectivity index (χ1) is 10.1. The van der Waals surface area contributed by atoms with Crippen molar-refractivity contribution in [3.63, 3.8) is 0 Å². The molecule has 0 saturated carbocycles. The van der Waals surface area contributed by atoms with Crippen LogP contribution < -0.4 is 4.90 Å². The highest BCUT2D eigenvalue weighted by atomic mass is 15.3. The van der Waals surface area contributed by atoms with E-state index in [2.05, 4.69) is 48.1 Å². The van der Waals surface area contributed by atoms with Gasteiger partial charge in [-0.25, -0.2) is 0 Å². The van der Waals surface area contributed by atoms with Crippen LogP contribution in [0.5, 0.6) is 0 Å². The minimum Gasteiger partial charge on any atom is -0.373 e. The monoisotopic (exact) mass is 286 g/mol. The Kier molecular flexibility index (Phi) is 4.99. The van der Waals surface area contributed by atoms with Crippen LogP contribution in [0.25, 0.3) is 11.3 Å². The van der Waals surface area contributed by atoms with Gasteiger partial charge in [-0.2, -0.15) is 5.10 Å². The fraction of sp³-hybridized carbons (Fsp3) is 0.529. The molecular weight excluding hydrogens is 260 g/mol. The fourth-order valence-electron chi connectivity index (χ4n) is 2.57. The largest absolute Gasteiger partial charge is 0.373 e. The number of hydrogen-bond donors (Lipinski definition) is 0. The van der Waals surface area contributed by atoms with Crippen molar-refractivity contribution in [2.24, 2.45) is 0 Å². The number of pyridine rings is 1. The van der Waals surface area contributed by atoms with E-state index >= 15 is 0 Å². The molecule has 3 rings (SSSR count). The van der Waals surface area contributed by atoms with E-state index in [4.69, 9.17) is 0 Å². The molecule has 1 aliphatic rings. The molecule has 0 spiro atoms. The lowest BCUT2D eigenvalue weighted by molar-refractivity contribution is 0.532. The first kappa shape index (κ1) is 15.5. The Balaban J connectivity index is 0.000000774. The van der Waals surface area contributed by atoms with Crippen molar-refractivity contribution in [3.8, 4) is 11.3 Å². The topological polar surface area (TPSA) is 34.0 Å². The van der Waals surface area contributed by atoms with E-state index in [0.717, 1.165) is 24.2 Å². The summed E-state index contributed by atoms with van der Waals surface area (Å²) in [6, 6.07) is 2.60. The molecule has 21 heavy (non-hydrogen) atoms. The Hall–Kier alpha value is -1.84. The molecule has 0 aliphatic carbocycles. The lowest BCUT2D eigenvalue weighted by atomic mass is 10.0. The molecule has 0 amide bonds. The number of hydrogen-bond acceptors (Lipinski definition) is 3. The van der Waals surface area contributed by atoms with Gasteiger partial charge in [-0.1, -0.05) is 13.8 Å². The molecule has 4 nitrogen and oxygen atoms in total. The minimum absolute atomic E-state index is 0.387. The van der Waals surface area contributed by atoms with Crippen LogP contribution in [0.15, 0.2) is 24.7 Å². The summed E-state index contributed by atoms with van der Waals surface area (Å²) < 4.78 is 1.97. The Morgan fingerprint density at radius 1 is 1.19 bits per heavy atom. The molecule has 2 aromatic heterocycles. The molecule has 0 aromatic carbocycles. The summed E-state index contributed by atoms with van der Waals surface area (Å²) in [4.78, 5) is 6.88. The van der Waals surface area contributed by atoms with Crippen molar-refractivity contribution < 1.29 is 0 Å². The van der Waals surface area contributed by atoms with Crippen LogP contribution in [0.3, 0.4) is 0 Å². The molecule has 2 aromatic rings. The van der Waals surface area contributed by atoms with Gasteiger partial charge in [-0.15, -0.1) is 0 Å². The van der Waals surface area contributed by atoms with Gasteiger partial charge in [-0.05, 0) is 38.3 Å². The molecule has 114 valence electrons. The van der Waals surface area contributed by atoms with Crippen LogP contribution >= 0.6 is 0 Å². The number of rotatable bonds is 2. The van der Waals surface area contributed by atoms with Crippen LogP contribution in [-0.2, 0) is 6.42 Å². The number of fused-ring (bicyclic) bond motifs is 1. The zero-order valence-electron chi connectivity index (χ0n) is 13.8. The molecule has 0 atom stereocenters. The van der Waals surface area contributed by atoms with Crippen molar-refractivity contribution >= 4 is 5.69 Å². The van der Waals surface area contributed by atoms with E-state index in [9.17, 15) is 0 Å². The highest BCUT2D eigenvalue weighted by Gasteiger charge is 2.15. The summed E-state index contributed by atoms with van der Waals surface area (Å²) in [5, 5.41) is 4.39. The second kappa shape index (κ2) is 6.74. The van der Waals surface area contributed by atoms with Gasteiger partial charge in [0.2, 0.25) is 0 Å².